The Hall–Kier alpha value is -1.81. The number of benzene rings is 2. The first-order valence-electron chi connectivity index (χ1n) is 6.82. The molecule has 0 aliphatic rings. The zero-order valence-electron chi connectivity index (χ0n) is 12.0. The van der Waals surface area contributed by atoms with Crippen molar-refractivity contribution >= 4 is 21.9 Å². The highest BCUT2D eigenvalue weighted by Gasteiger charge is 2.15. The molecule has 2 aromatic rings. The van der Waals surface area contributed by atoms with Gasteiger partial charge in [-0.1, -0.05) is 48.0 Å². The van der Waals surface area contributed by atoms with Gasteiger partial charge in [-0.2, -0.15) is 0 Å². The summed E-state index contributed by atoms with van der Waals surface area (Å²) in [5, 5.41) is 9.26. The molecule has 21 heavy (non-hydrogen) atoms. The Morgan fingerprint density at radius 2 is 1.95 bits per heavy atom. The summed E-state index contributed by atoms with van der Waals surface area (Å²) in [6.07, 6.45) is 0.991. The molecular weight excluding hydrogens is 332 g/mol. The molecule has 0 bridgehead atoms. The molecule has 0 aliphatic heterocycles. The molecule has 0 radical (unpaired) electrons. The van der Waals surface area contributed by atoms with E-state index in [1.807, 2.05) is 24.3 Å². The van der Waals surface area contributed by atoms with Crippen molar-refractivity contribution in [2.45, 2.75) is 26.2 Å². The number of halogens is 1. The Bertz CT molecular complexity index is 652. The maximum Gasteiger partial charge on any atom is 0.339 e. The van der Waals surface area contributed by atoms with Crippen LogP contribution in [0.2, 0.25) is 0 Å². The molecule has 2 rings (SSSR count). The second-order valence-electron chi connectivity index (χ2n) is 4.89. The highest BCUT2D eigenvalue weighted by atomic mass is 79.9. The van der Waals surface area contributed by atoms with Crippen molar-refractivity contribution in [1.82, 2.24) is 0 Å². The summed E-state index contributed by atoms with van der Waals surface area (Å²) >= 11 is 3.35. The van der Waals surface area contributed by atoms with E-state index < -0.39 is 5.97 Å². The highest BCUT2D eigenvalue weighted by Crippen LogP contribution is 2.34. The van der Waals surface area contributed by atoms with Crippen molar-refractivity contribution in [2.24, 2.45) is 0 Å². The van der Waals surface area contributed by atoms with Crippen molar-refractivity contribution in [2.75, 3.05) is 0 Å². The lowest BCUT2D eigenvalue weighted by molar-refractivity contribution is 0.0694. The van der Waals surface area contributed by atoms with Crippen molar-refractivity contribution in [3.63, 3.8) is 0 Å². The Morgan fingerprint density at radius 1 is 1.24 bits per heavy atom. The first-order chi connectivity index (χ1) is 10.0. The minimum atomic E-state index is -1.00. The number of carboxylic acids is 1. The van der Waals surface area contributed by atoms with E-state index in [1.54, 1.807) is 12.1 Å². The van der Waals surface area contributed by atoms with Gasteiger partial charge in [-0.15, -0.1) is 0 Å². The largest absolute Gasteiger partial charge is 0.478 e. The molecule has 0 saturated heterocycles. The summed E-state index contributed by atoms with van der Waals surface area (Å²) < 4.78 is 6.68. The van der Waals surface area contributed by atoms with Gasteiger partial charge in [0.1, 0.15) is 17.1 Å². The van der Waals surface area contributed by atoms with E-state index in [1.165, 1.54) is 6.07 Å². The third kappa shape index (κ3) is 3.64. The van der Waals surface area contributed by atoms with Crippen LogP contribution in [0.3, 0.4) is 0 Å². The van der Waals surface area contributed by atoms with Crippen molar-refractivity contribution in [1.29, 1.82) is 0 Å². The number of rotatable bonds is 5. The summed E-state index contributed by atoms with van der Waals surface area (Å²) in [6, 6.07) is 12.6. The average Bonchev–Trinajstić information content (AvgIpc) is 2.47. The van der Waals surface area contributed by atoms with Crippen molar-refractivity contribution in [3.8, 4) is 11.5 Å². The zero-order chi connectivity index (χ0) is 15.4. The topological polar surface area (TPSA) is 46.5 Å². The van der Waals surface area contributed by atoms with Crippen molar-refractivity contribution < 1.29 is 14.6 Å². The van der Waals surface area contributed by atoms with E-state index in [-0.39, 0.29) is 5.56 Å². The third-order valence-electron chi connectivity index (χ3n) is 3.46. The maximum atomic E-state index is 11.3. The number of carboxylic acid groups (broad SMARTS) is 1. The van der Waals surface area contributed by atoms with Gasteiger partial charge in [0.05, 0.1) is 0 Å². The van der Waals surface area contributed by atoms with Gasteiger partial charge in [-0.3, -0.25) is 0 Å². The van der Waals surface area contributed by atoms with Crippen LogP contribution in [0, 0.1) is 0 Å². The van der Waals surface area contributed by atoms with Crippen LogP contribution in [0.1, 0.15) is 42.1 Å². The van der Waals surface area contributed by atoms with E-state index >= 15 is 0 Å². The predicted molar refractivity (Wildman–Crippen MR) is 86.3 cm³/mol. The number of hydrogen-bond acceptors (Lipinski definition) is 2. The molecule has 0 heterocycles. The molecule has 2 aromatic carbocycles. The lowest BCUT2D eigenvalue weighted by Crippen LogP contribution is -2.02. The molecular formula is C17H17BrO3. The zero-order valence-corrected chi connectivity index (χ0v) is 13.6. The van der Waals surface area contributed by atoms with Crippen molar-refractivity contribution in [3.05, 3.63) is 58.1 Å². The fourth-order valence-electron chi connectivity index (χ4n) is 2.08. The number of ether oxygens (including phenoxy) is 1. The smallest absolute Gasteiger partial charge is 0.339 e. The van der Waals surface area contributed by atoms with Crippen LogP contribution in [-0.2, 0) is 0 Å². The van der Waals surface area contributed by atoms with Gasteiger partial charge in [0, 0.05) is 4.47 Å². The molecule has 0 amide bonds. The summed E-state index contributed by atoms with van der Waals surface area (Å²) in [6.45, 7) is 4.24. The third-order valence-corrected chi connectivity index (χ3v) is 3.95. The van der Waals surface area contributed by atoms with Gasteiger partial charge < -0.3 is 9.84 Å². The first kappa shape index (κ1) is 15.6. The summed E-state index contributed by atoms with van der Waals surface area (Å²) in [5.74, 6) is 0.389. The van der Waals surface area contributed by atoms with Crippen LogP contribution in [-0.4, -0.2) is 11.1 Å². The second-order valence-corrected chi connectivity index (χ2v) is 5.81. The monoisotopic (exact) mass is 348 g/mol. The minimum absolute atomic E-state index is 0.150. The lowest BCUT2D eigenvalue weighted by Gasteiger charge is -2.16. The molecule has 4 heteroatoms. The van der Waals surface area contributed by atoms with Crippen LogP contribution in [0.4, 0.5) is 0 Å². The van der Waals surface area contributed by atoms with E-state index in [0.29, 0.717) is 17.4 Å². The average molecular weight is 349 g/mol. The first-order valence-corrected chi connectivity index (χ1v) is 7.61. The Morgan fingerprint density at radius 3 is 2.62 bits per heavy atom. The summed E-state index contributed by atoms with van der Waals surface area (Å²) in [5.41, 5.74) is 1.23. The molecule has 110 valence electrons. The molecule has 1 unspecified atom stereocenters. The van der Waals surface area contributed by atoms with Gasteiger partial charge in [-0.05, 0) is 42.2 Å². The quantitative estimate of drug-likeness (QED) is 0.780. The van der Waals surface area contributed by atoms with E-state index in [4.69, 9.17) is 4.74 Å². The van der Waals surface area contributed by atoms with Crippen LogP contribution in [0.15, 0.2) is 46.9 Å². The highest BCUT2D eigenvalue weighted by molar-refractivity contribution is 9.10. The SMILES string of the molecule is CCC(C)c1ccccc1Oc1cc(Br)ccc1C(=O)O. The van der Waals surface area contributed by atoms with Crippen LogP contribution < -0.4 is 4.74 Å². The predicted octanol–water partition coefficient (Wildman–Crippen LogP) is 5.45. The van der Waals surface area contributed by atoms with E-state index in [0.717, 1.165) is 16.5 Å². The van der Waals surface area contributed by atoms with Gasteiger partial charge in [0.25, 0.3) is 0 Å². The number of hydrogen-bond donors (Lipinski definition) is 1. The fourth-order valence-corrected chi connectivity index (χ4v) is 2.42. The summed E-state index contributed by atoms with van der Waals surface area (Å²) in [4.78, 5) is 11.3. The van der Waals surface area contributed by atoms with E-state index in [9.17, 15) is 9.90 Å². The molecule has 0 saturated carbocycles. The van der Waals surface area contributed by atoms with Crippen LogP contribution in [0.5, 0.6) is 11.5 Å². The van der Waals surface area contributed by atoms with Gasteiger partial charge >= 0.3 is 5.97 Å². The lowest BCUT2D eigenvalue weighted by atomic mass is 9.98. The molecule has 0 aromatic heterocycles. The Kier molecular flexibility index (Phi) is 5.02. The fraction of sp³-hybridized carbons (Fsp3) is 0.235. The van der Waals surface area contributed by atoms with Gasteiger partial charge in [0.2, 0.25) is 0 Å². The molecule has 0 fully saturated rings. The Labute approximate surface area is 132 Å². The maximum absolute atomic E-state index is 11.3. The van der Waals surface area contributed by atoms with E-state index in [2.05, 4.69) is 29.8 Å². The number of para-hydroxylation sites is 1. The summed E-state index contributed by atoms with van der Waals surface area (Å²) in [7, 11) is 0. The molecule has 1 N–H and O–H groups in total. The van der Waals surface area contributed by atoms with Gasteiger partial charge in [-0.25, -0.2) is 4.79 Å². The van der Waals surface area contributed by atoms with Gasteiger partial charge in [0.15, 0.2) is 0 Å². The molecule has 0 spiro atoms. The van der Waals surface area contributed by atoms with Crippen LogP contribution in [0.25, 0.3) is 0 Å². The second kappa shape index (κ2) is 6.76. The standard InChI is InChI=1S/C17H17BrO3/c1-3-11(2)13-6-4-5-7-15(13)21-16-10-12(18)8-9-14(16)17(19)20/h4-11H,3H2,1-2H3,(H,19,20). The normalized spacial score (nSPS) is 12.0. The molecule has 0 aliphatic carbocycles. The number of carbonyl (C=O) groups is 1. The minimum Gasteiger partial charge on any atom is -0.478 e. The Balaban J connectivity index is 2.43. The number of aromatic carboxylic acids is 1. The molecule has 1 atom stereocenters. The molecule has 3 nitrogen and oxygen atoms in total. The van der Waals surface area contributed by atoms with Crippen LogP contribution >= 0.6 is 15.9 Å².